The third kappa shape index (κ3) is 2.70. The molecule has 0 spiro atoms. The van der Waals surface area contributed by atoms with Crippen molar-refractivity contribution in [1.29, 1.82) is 0 Å². The van der Waals surface area contributed by atoms with Gasteiger partial charge in [0.1, 0.15) is 12.1 Å². The summed E-state index contributed by atoms with van der Waals surface area (Å²) < 4.78 is 0. The normalized spacial score (nSPS) is 30.2. The topological polar surface area (TPSA) is 40.6 Å². The minimum atomic E-state index is -0.295. The molecule has 4 heteroatoms. The van der Waals surface area contributed by atoms with Crippen LogP contribution in [-0.4, -0.2) is 46.3 Å². The number of piperidine rings is 1. The van der Waals surface area contributed by atoms with Crippen molar-refractivity contribution in [3.63, 3.8) is 0 Å². The predicted molar refractivity (Wildman–Crippen MR) is 79.2 cm³/mol. The zero-order valence-corrected chi connectivity index (χ0v) is 13.3. The zero-order valence-electron chi connectivity index (χ0n) is 13.3. The van der Waals surface area contributed by atoms with Crippen LogP contribution in [0, 0.1) is 5.92 Å². The maximum atomic E-state index is 12.8. The summed E-state index contributed by atoms with van der Waals surface area (Å²) in [6.07, 6.45) is 5.02. The maximum absolute atomic E-state index is 12.8. The van der Waals surface area contributed by atoms with Gasteiger partial charge >= 0.3 is 0 Å². The van der Waals surface area contributed by atoms with Crippen LogP contribution in [0.4, 0.5) is 0 Å². The molecule has 0 aromatic carbocycles. The number of hydrogen-bond acceptors (Lipinski definition) is 2. The van der Waals surface area contributed by atoms with Crippen LogP contribution in [0.1, 0.15) is 59.8 Å². The van der Waals surface area contributed by atoms with Crippen molar-refractivity contribution in [2.75, 3.05) is 6.54 Å². The van der Waals surface area contributed by atoms with Crippen molar-refractivity contribution >= 4 is 11.8 Å². The highest BCUT2D eigenvalue weighted by molar-refractivity contribution is 5.97. The molecule has 2 saturated heterocycles. The van der Waals surface area contributed by atoms with Crippen molar-refractivity contribution in [2.45, 2.75) is 77.9 Å². The van der Waals surface area contributed by atoms with E-state index in [9.17, 15) is 9.59 Å². The minimum absolute atomic E-state index is 0.144. The van der Waals surface area contributed by atoms with E-state index in [4.69, 9.17) is 0 Å². The lowest BCUT2D eigenvalue weighted by Crippen LogP contribution is -2.66. The maximum Gasteiger partial charge on any atom is 0.246 e. The van der Waals surface area contributed by atoms with Gasteiger partial charge in [0.25, 0.3) is 0 Å². The average Bonchev–Trinajstić information content (AvgIpc) is 2.45. The van der Waals surface area contributed by atoms with Gasteiger partial charge in [-0.15, -0.1) is 0 Å². The Morgan fingerprint density at radius 2 is 1.90 bits per heavy atom. The van der Waals surface area contributed by atoms with Crippen LogP contribution in [0.2, 0.25) is 0 Å². The molecule has 0 aromatic heterocycles. The van der Waals surface area contributed by atoms with Gasteiger partial charge in [0.15, 0.2) is 0 Å². The Balaban J connectivity index is 2.15. The molecule has 4 atom stereocenters. The molecule has 2 rings (SSSR count). The Morgan fingerprint density at radius 1 is 1.20 bits per heavy atom. The second-order valence-corrected chi connectivity index (χ2v) is 6.56. The summed E-state index contributed by atoms with van der Waals surface area (Å²) >= 11 is 0. The lowest BCUT2D eigenvalue weighted by molar-refractivity contribution is -0.165. The van der Waals surface area contributed by atoms with Crippen molar-refractivity contribution in [2.24, 2.45) is 5.92 Å². The van der Waals surface area contributed by atoms with Crippen LogP contribution in [0.5, 0.6) is 0 Å². The molecule has 2 amide bonds. The van der Waals surface area contributed by atoms with Gasteiger partial charge in [-0.2, -0.15) is 0 Å². The monoisotopic (exact) mass is 280 g/mol. The summed E-state index contributed by atoms with van der Waals surface area (Å²) in [6, 6.07) is -0.330. The van der Waals surface area contributed by atoms with E-state index in [1.54, 1.807) is 0 Å². The second kappa shape index (κ2) is 6.15. The van der Waals surface area contributed by atoms with Crippen LogP contribution in [0.15, 0.2) is 0 Å². The number of carbonyl (C=O) groups excluding carboxylic acids is 2. The third-order valence-electron chi connectivity index (χ3n) is 5.02. The predicted octanol–water partition coefficient (Wildman–Crippen LogP) is 2.42. The summed E-state index contributed by atoms with van der Waals surface area (Å²) in [7, 11) is 0. The quantitative estimate of drug-likeness (QED) is 0.793. The van der Waals surface area contributed by atoms with Gasteiger partial charge in [-0.25, -0.2) is 0 Å². The largest absolute Gasteiger partial charge is 0.329 e. The van der Waals surface area contributed by atoms with Crippen LogP contribution in [-0.2, 0) is 9.59 Å². The Bertz CT molecular complexity index is 383. The summed E-state index contributed by atoms with van der Waals surface area (Å²) in [4.78, 5) is 29.0. The number of carbonyl (C=O) groups is 2. The van der Waals surface area contributed by atoms with Crippen molar-refractivity contribution in [3.05, 3.63) is 0 Å². The van der Waals surface area contributed by atoms with Gasteiger partial charge in [-0.1, -0.05) is 20.3 Å². The van der Waals surface area contributed by atoms with Crippen molar-refractivity contribution < 1.29 is 9.59 Å². The number of nitrogens with zero attached hydrogens (tertiary/aromatic N) is 2. The van der Waals surface area contributed by atoms with E-state index in [-0.39, 0.29) is 29.9 Å². The van der Waals surface area contributed by atoms with Crippen molar-refractivity contribution in [1.82, 2.24) is 9.80 Å². The first-order valence-electron chi connectivity index (χ1n) is 8.10. The molecule has 4 unspecified atom stereocenters. The molecule has 0 aliphatic carbocycles. The van der Waals surface area contributed by atoms with E-state index in [0.717, 1.165) is 38.6 Å². The molecule has 114 valence electrons. The van der Waals surface area contributed by atoms with E-state index in [0.29, 0.717) is 5.92 Å². The van der Waals surface area contributed by atoms with E-state index in [1.165, 1.54) is 0 Å². The highest BCUT2D eigenvalue weighted by Gasteiger charge is 2.46. The van der Waals surface area contributed by atoms with Crippen LogP contribution < -0.4 is 0 Å². The van der Waals surface area contributed by atoms with Crippen LogP contribution in [0.3, 0.4) is 0 Å². The lowest BCUT2D eigenvalue weighted by atomic mass is 9.92. The molecular formula is C16H28N2O2. The fourth-order valence-electron chi connectivity index (χ4n) is 3.64. The van der Waals surface area contributed by atoms with Crippen molar-refractivity contribution in [3.8, 4) is 0 Å². The Morgan fingerprint density at radius 3 is 2.55 bits per heavy atom. The molecule has 4 nitrogen and oxygen atoms in total. The first-order chi connectivity index (χ1) is 9.47. The molecule has 2 aliphatic heterocycles. The summed E-state index contributed by atoms with van der Waals surface area (Å²) in [5.41, 5.74) is 0. The van der Waals surface area contributed by atoms with E-state index in [1.807, 2.05) is 16.7 Å². The fourth-order valence-corrected chi connectivity index (χ4v) is 3.64. The number of rotatable bonds is 4. The minimum Gasteiger partial charge on any atom is -0.329 e. The van der Waals surface area contributed by atoms with Gasteiger partial charge in [0.05, 0.1) is 0 Å². The van der Waals surface area contributed by atoms with Gasteiger partial charge in [0.2, 0.25) is 11.8 Å². The number of hydrogen-bond donors (Lipinski definition) is 0. The highest BCUT2D eigenvalue weighted by atomic mass is 16.2. The average molecular weight is 280 g/mol. The molecule has 0 saturated carbocycles. The number of fused-ring (bicyclic) bond motifs is 1. The first kappa shape index (κ1) is 15.3. The highest BCUT2D eigenvalue weighted by Crippen LogP contribution is 2.29. The standard InChI is InChI=1S/C16H28N2O2/c1-5-11(2)10-12(3)18-13(4)15(19)17-9-7-6-8-14(17)16(18)20/h11-14H,5-10H2,1-4H3. The Kier molecular flexibility index (Phi) is 4.71. The second-order valence-electron chi connectivity index (χ2n) is 6.56. The molecule has 2 heterocycles. The molecule has 2 aliphatic rings. The molecule has 0 bridgehead atoms. The molecular weight excluding hydrogens is 252 g/mol. The molecule has 0 N–H and O–H groups in total. The smallest absolute Gasteiger partial charge is 0.246 e. The van der Waals surface area contributed by atoms with Crippen LogP contribution in [0.25, 0.3) is 0 Å². The van der Waals surface area contributed by atoms with Gasteiger partial charge in [-0.3, -0.25) is 9.59 Å². The summed E-state index contributed by atoms with van der Waals surface area (Å²) in [6.45, 7) is 9.12. The van der Waals surface area contributed by atoms with Gasteiger partial charge < -0.3 is 9.80 Å². The van der Waals surface area contributed by atoms with Gasteiger partial charge in [0, 0.05) is 12.6 Å². The Hall–Kier alpha value is -1.06. The molecule has 0 aromatic rings. The van der Waals surface area contributed by atoms with Crippen LogP contribution >= 0.6 is 0 Å². The SMILES string of the molecule is CCC(C)CC(C)N1C(=O)C2CCCCN2C(=O)C1C. The lowest BCUT2D eigenvalue weighted by Gasteiger charge is -2.48. The van der Waals surface area contributed by atoms with E-state index < -0.39 is 0 Å². The number of amides is 2. The number of piperazine rings is 1. The fraction of sp³-hybridized carbons (Fsp3) is 0.875. The molecule has 0 radical (unpaired) electrons. The van der Waals surface area contributed by atoms with E-state index >= 15 is 0 Å². The Labute approximate surface area is 122 Å². The van der Waals surface area contributed by atoms with E-state index in [2.05, 4.69) is 20.8 Å². The molecule has 20 heavy (non-hydrogen) atoms. The first-order valence-corrected chi connectivity index (χ1v) is 8.10. The summed E-state index contributed by atoms with van der Waals surface area (Å²) in [5.74, 6) is 0.905. The van der Waals surface area contributed by atoms with Gasteiger partial charge in [-0.05, 0) is 45.4 Å². The molecule has 2 fully saturated rings. The summed E-state index contributed by atoms with van der Waals surface area (Å²) in [5, 5.41) is 0. The zero-order chi connectivity index (χ0) is 14.9. The third-order valence-corrected chi connectivity index (χ3v) is 5.02.